The minimum atomic E-state index is 0.367. The number of allylic oxidation sites excluding steroid dienone is 1. The van der Waals surface area contributed by atoms with Crippen LogP contribution in [0.15, 0.2) is 16.4 Å². The van der Waals surface area contributed by atoms with Crippen molar-refractivity contribution in [1.82, 2.24) is 0 Å². The topological polar surface area (TPSA) is 73.6 Å². The van der Waals surface area contributed by atoms with Crippen LogP contribution in [0.3, 0.4) is 0 Å². The van der Waals surface area contributed by atoms with Crippen LogP contribution in [0, 0.1) is 5.92 Å². The van der Waals surface area contributed by atoms with Gasteiger partial charge in [0.05, 0.1) is 12.6 Å². The summed E-state index contributed by atoms with van der Waals surface area (Å²) in [5.41, 5.74) is 12.8. The summed E-state index contributed by atoms with van der Waals surface area (Å²) in [6.45, 7) is 7.08. The van der Waals surface area contributed by atoms with Crippen LogP contribution in [0.5, 0.6) is 0 Å². The molecule has 1 aliphatic rings. The molecule has 122 valence electrons. The molecule has 4 heteroatoms. The predicted molar refractivity (Wildman–Crippen MR) is 90.3 cm³/mol. The first-order chi connectivity index (χ1) is 10.1. The van der Waals surface area contributed by atoms with Gasteiger partial charge >= 0.3 is 0 Å². The van der Waals surface area contributed by atoms with Gasteiger partial charge in [0, 0.05) is 17.8 Å². The SMILES string of the molecule is CCCC(CC)CO/C(N)=C(\C)C=NC1CCC(N)CC1. The van der Waals surface area contributed by atoms with E-state index in [2.05, 4.69) is 18.8 Å². The number of rotatable bonds is 8. The lowest BCUT2D eigenvalue weighted by Gasteiger charge is -2.23. The Bertz CT molecular complexity index is 344. The van der Waals surface area contributed by atoms with Gasteiger partial charge in [-0.05, 0) is 44.9 Å². The maximum absolute atomic E-state index is 6.00. The Kier molecular flexibility index (Phi) is 8.43. The molecule has 1 fully saturated rings. The fourth-order valence-corrected chi connectivity index (χ4v) is 2.67. The van der Waals surface area contributed by atoms with Crippen molar-refractivity contribution in [2.24, 2.45) is 22.4 Å². The van der Waals surface area contributed by atoms with E-state index in [4.69, 9.17) is 16.2 Å². The minimum absolute atomic E-state index is 0.367. The highest BCUT2D eigenvalue weighted by molar-refractivity contribution is 5.78. The van der Waals surface area contributed by atoms with Crippen molar-refractivity contribution in [3.8, 4) is 0 Å². The summed E-state index contributed by atoms with van der Waals surface area (Å²) in [6.07, 6.45) is 9.71. The monoisotopic (exact) mass is 295 g/mol. The average molecular weight is 295 g/mol. The molecular weight excluding hydrogens is 262 g/mol. The van der Waals surface area contributed by atoms with Gasteiger partial charge in [0.15, 0.2) is 5.88 Å². The number of ether oxygens (including phenoxy) is 1. The summed E-state index contributed by atoms with van der Waals surface area (Å²) in [7, 11) is 0. The van der Waals surface area contributed by atoms with Crippen molar-refractivity contribution < 1.29 is 4.74 Å². The molecule has 0 amide bonds. The molecule has 4 N–H and O–H groups in total. The van der Waals surface area contributed by atoms with Gasteiger partial charge < -0.3 is 16.2 Å². The first-order valence-electron chi connectivity index (χ1n) is 8.44. The molecule has 0 radical (unpaired) electrons. The van der Waals surface area contributed by atoms with Gasteiger partial charge in [-0.25, -0.2) is 0 Å². The highest BCUT2D eigenvalue weighted by Crippen LogP contribution is 2.20. The van der Waals surface area contributed by atoms with Gasteiger partial charge in [-0.2, -0.15) is 0 Å². The number of nitrogens with zero attached hydrogens (tertiary/aromatic N) is 1. The second-order valence-electron chi connectivity index (χ2n) is 6.27. The molecule has 0 aromatic rings. The number of hydrogen-bond acceptors (Lipinski definition) is 4. The highest BCUT2D eigenvalue weighted by Gasteiger charge is 2.17. The molecule has 1 unspecified atom stereocenters. The van der Waals surface area contributed by atoms with Gasteiger partial charge in [-0.15, -0.1) is 0 Å². The molecular formula is C17H33N3O. The van der Waals surface area contributed by atoms with E-state index in [1.54, 1.807) is 0 Å². The molecule has 4 nitrogen and oxygen atoms in total. The second-order valence-corrected chi connectivity index (χ2v) is 6.27. The third-order valence-electron chi connectivity index (χ3n) is 4.36. The summed E-state index contributed by atoms with van der Waals surface area (Å²) in [6, 6.07) is 0.766. The highest BCUT2D eigenvalue weighted by atomic mass is 16.5. The molecule has 1 aliphatic carbocycles. The lowest BCUT2D eigenvalue weighted by molar-refractivity contribution is 0.153. The normalized spacial score (nSPS) is 25.7. The summed E-state index contributed by atoms with van der Waals surface area (Å²) >= 11 is 0. The zero-order chi connectivity index (χ0) is 15.7. The van der Waals surface area contributed by atoms with Crippen molar-refractivity contribution in [2.45, 2.75) is 77.8 Å². The van der Waals surface area contributed by atoms with Gasteiger partial charge in [0.1, 0.15) is 0 Å². The Labute approximate surface area is 130 Å². The van der Waals surface area contributed by atoms with E-state index in [1.807, 2.05) is 13.1 Å². The van der Waals surface area contributed by atoms with Crippen LogP contribution in [-0.2, 0) is 4.74 Å². The lowest BCUT2D eigenvalue weighted by Crippen LogP contribution is -2.28. The standard InChI is InChI=1S/C17H33N3O/c1-4-6-14(5-2)12-21-17(19)13(3)11-20-16-9-7-15(18)8-10-16/h11,14-16H,4-10,12,18-19H2,1-3H3/b17-13+,20-11?. The minimum Gasteiger partial charge on any atom is -0.479 e. The molecule has 0 bridgehead atoms. The summed E-state index contributed by atoms with van der Waals surface area (Å²) < 4.78 is 5.71. The largest absolute Gasteiger partial charge is 0.479 e. The molecule has 0 saturated heterocycles. The number of nitrogens with two attached hydrogens (primary N) is 2. The average Bonchev–Trinajstić information content (AvgIpc) is 2.50. The molecule has 1 atom stereocenters. The first kappa shape index (κ1) is 18.0. The van der Waals surface area contributed by atoms with Crippen molar-refractivity contribution in [1.29, 1.82) is 0 Å². The Balaban J connectivity index is 2.41. The summed E-state index contributed by atoms with van der Waals surface area (Å²) in [5.74, 6) is 1.11. The maximum Gasteiger partial charge on any atom is 0.188 e. The van der Waals surface area contributed by atoms with E-state index < -0.39 is 0 Å². The summed E-state index contributed by atoms with van der Waals surface area (Å²) in [4.78, 5) is 4.62. The Hall–Kier alpha value is -1.03. The zero-order valence-electron chi connectivity index (χ0n) is 14.0. The summed E-state index contributed by atoms with van der Waals surface area (Å²) in [5, 5.41) is 0. The quantitative estimate of drug-likeness (QED) is 0.532. The van der Waals surface area contributed by atoms with Crippen LogP contribution in [0.4, 0.5) is 0 Å². The van der Waals surface area contributed by atoms with Gasteiger partial charge in [0.2, 0.25) is 0 Å². The Morgan fingerprint density at radius 2 is 1.95 bits per heavy atom. The molecule has 0 spiro atoms. The van der Waals surface area contributed by atoms with E-state index >= 15 is 0 Å². The van der Waals surface area contributed by atoms with Gasteiger partial charge in [-0.1, -0.05) is 26.7 Å². The van der Waals surface area contributed by atoms with E-state index in [0.29, 0.717) is 30.5 Å². The molecule has 1 rings (SSSR count). The molecule has 0 aromatic heterocycles. The predicted octanol–water partition coefficient (Wildman–Crippen LogP) is 3.36. The van der Waals surface area contributed by atoms with Crippen LogP contribution in [0.1, 0.15) is 65.7 Å². The maximum atomic E-state index is 6.00. The number of aliphatic imine (C=N–C) groups is 1. The van der Waals surface area contributed by atoms with E-state index in [-0.39, 0.29) is 0 Å². The lowest BCUT2D eigenvalue weighted by atomic mass is 9.92. The fraction of sp³-hybridized carbons (Fsp3) is 0.824. The van der Waals surface area contributed by atoms with Crippen molar-refractivity contribution in [3.63, 3.8) is 0 Å². The van der Waals surface area contributed by atoms with Crippen molar-refractivity contribution in [3.05, 3.63) is 11.5 Å². The van der Waals surface area contributed by atoms with Crippen LogP contribution in [-0.4, -0.2) is 24.9 Å². The molecule has 0 aromatic carbocycles. The smallest absolute Gasteiger partial charge is 0.188 e. The van der Waals surface area contributed by atoms with E-state index in [0.717, 1.165) is 37.7 Å². The third-order valence-corrected chi connectivity index (χ3v) is 4.36. The van der Waals surface area contributed by atoms with E-state index in [1.165, 1.54) is 12.8 Å². The molecule has 21 heavy (non-hydrogen) atoms. The fourth-order valence-electron chi connectivity index (χ4n) is 2.67. The first-order valence-corrected chi connectivity index (χ1v) is 8.44. The van der Waals surface area contributed by atoms with Crippen molar-refractivity contribution >= 4 is 6.21 Å². The van der Waals surface area contributed by atoms with Crippen LogP contribution < -0.4 is 11.5 Å². The van der Waals surface area contributed by atoms with Gasteiger partial charge in [0.25, 0.3) is 0 Å². The van der Waals surface area contributed by atoms with Gasteiger partial charge in [-0.3, -0.25) is 4.99 Å². The molecule has 1 saturated carbocycles. The Morgan fingerprint density at radius 3 is 2.52 bits per heavy atom. The van der Waals surface area contributed by atoms with Crippen LogP contribution >= 0.6 is 0 Å². The second kappa shape index (κ2) is 9.82. The van der Waals surface area contributed by atoms with Crippen LogP contribution in [0.2, 0.25) is 0 Å². The number of hydrogen-bond donors (Lipinski definition) is 2. The molecule has 0 aliphatic heterocycles. The molecule has 0 heterocycles. The Morgan fingerprint density at radius 1 is 1.29 bits per heavy atom. The zero-order valence-corrected chi connectivity index (χ0v) is 14.0. The third kappa shape index (κ3) is 6.98. The van der Waals surface area contributed by atoms with E-state index in [9.17, 15) is 0 Å². The van der Waals surface area contributed by atoms with Crippen molar-refractivity contribution in [2.75, 3.05) is 6.61 Å². The van der Waals surface area contributed by atoms with Crippen LogP contribution in [0.25, 0.3) is 0 Å².